The van der Waals surface area contributed by atoms with Crippen molar-refractivity contribution >= 4 is 28.7 Å². The van der Waals surface area contributed by atoms with Gasteiger partial charge in [0.05, 0.1) is 29.9 Å². The van der Waals surface area contributed by atoms with Gasteiger partial charge in [0, 0.05) is 51.1 Å². The number of aromatic nitrogens is 2. The van der Waals surface area contributed by atoms with Gasteiger partial charge in [0.1, 0.15) is 19.0 Å². The Bertz CT molecular complexity index is 1760. The number of piperazine rings is 1. The fraction of sp³-hybridized carbons (Fsp3) is 0.324. The molecule has 0 aliphatic carbocycles. The molecule has 1 aliphatic heterocycles. The molecule has 3 amide bonds. The summed E-state index contributed by atoms with van der Waals surface area (Å²) in [6.07, 6.45) is -0.366. The normalized spacial score (nSPS) is 13.1. The van der Waals surface area contributed by atoms with Crippen molar-refractivity contribution in [2.45, 2.75) is 13.0 Å². The summed E-state index contributed by atoms with van der Waals surface area (Å²) in [5.41, 5.74) is 7.17. The lowest BCUT2D eigenvalue weighted by Gasteiger charge is -2.36. The number of carbonyl (C=O) groups excluding carboxylic acids is 3. The molecule has 1 saturated heterocycles. The Morgan fingerprint density at radius 2 is 1.60 bits per heavy atom. The van der Waals surface area contributed by atoms with Gasteiger partial charge in [-0.25, -0.2) is 14.3 Å². The van der Waals surface area contributed by atoms with Gasteiger partial charge in [-0.1, -0.05) is 54.6 Å². The number of H-pyrrole nitrogens is 1. The van der Waals surface area contributed by atoms with E-state index in [1.54, 1.807) is 29.2 Å². The van der Waals surface area contributed by atoms with Crippen LogP contribution < -0.4 is 11.3 Å². The molecule has 3 aromatic carbocycles. The lowest BCUT2D eigenvalue weighted by Crippen LogP contribution is -2.53. The lowest BCUT2D eigenvalue weighted by atomic mass is 10.0. The molecule has 1 aromatic heterocycles. The molecule has 5 rings (SSSR count). The van der Waals surface area contributed by atoms with E-state index in [0.29, 0.717) is 35.2 Å². The van der Waals surface area contributed by atoms with Crippen LogP contribution in [0.15, 0.2) is 77.6 Å². The van der Waals surface area contributed by atoms with Crippen LogP contribution in [0.3, 0.4) is 0 Å². The molecular weight excluding hydrogens is 607 g/mol. The number of halogens is 1. The number of ether oxygens (including phenoxy) is 2. The quantitative estimate of drug-likeness (QED) is 0.224. The number of nitrogens with one attached hydrogen (secondary N) is 1. The van der Waals surface area contributed by atoms with Gasteiger partial charge in [-0.3, -0.25) is 19.3 Å². The molecule has 0 radical (unpaired) electrons. The molecule has 246 valence electrons. The van der Waals surface area contributed by atoms with Crippen molar-refractivity contribution in [2.75, 3.05) is 59.0 Å². The average molecular weight is 645 g/mol. The lowest BCUT2D eigenvalue weighted by molar-refractivity contribution is -0.133. The first-order valence-electron chi connectivity index (χ1n) is 15.4. The first kappa shape index (κ1) is 33.2. The van der Waals surface area contributed by atoms with E-state index in [9.17, 15) is 23.6 Å². The van der Waals surface area contributed by atoms with Crippen molar-refractivity contribution in [2.24, 2.45) is 5.73 Å². The van der Waals surface area contributed by atoms with Crippen molar-refractivity contribution in [3.63, 3.8) is 0 Å². The molecule has 0 unspecified atom stereocenters. The summed E-state index contributed by atoms with van der Waals surface area (Å²) in [5, 5.41) is 7.86. The molecule has 0 saturated carbocycles. The van der Waals surface area contributed by atoms with Gasteiger partial charge in [0.15, 0.2) is 0 Å². The van der Waals surface area contributed by atoms with E-state index < -0.39 is 17.8 Å². The van der Waals surface area contributed by atoms with Crippen molar-refractivity contribution in [3.8, 4) is 0 Å². The van der Waals surface area contributed by atoms with Crippen molar-refractivity contribution in [1.29, 1.82) is 0 Å². The number of rotatable bonds is 12. The summed E-state index contributed by atoms with van der Waals surface area (Å²) in [6, 6.07) is 20.6. The number of carbonyl (C=O) groups is 3. The Balaban J connectivity index is 1.19. The SMILES string of the molecule is NCCOCCN(CC(=O)N1CCN(C(=O)c2cc(Cc3n[nH]c(=O)c4ccccc34)ccc2F)CC1)C(=O)OCc1ccccc1. The van der Waals surface area contributed by atoms with Gasteiger partial charge < -0.3 is 25.0 Å². The highest BCUT2D eigenvalue weighted by Gasteiger charge is 2.29. The van der Waals surface area contributed by atoms with E-state index in [1.165, 1.54) is 21.9 Å². The molecule has 47 heavy (non-hydrogen) atoms. The summed E-state index contributed by atoms with van der Waals surface area (Å²) in [6.45, 7) is 1.63. The molecular formula is C34H37FN6O6. The van der Waals surface area contributed by atoms with E-state index in [2.05, 4.69) is 10.2 Å². The first-order chi connectivity index (χ1) is 22.8. The van der Waals surface area contributed by atoms with Gasteiger partial charge in [0.2, 0.25) is 5.91 Å². The molecule has 12 nitrogen and oxygen atoms in total. The molecule has 0 spiro atoms. The molecule has 2 heterocycles. The molecule has 0 bridgehead atoms. The van der Waals surface area contributed by atoms with Crippen LogP contribution in [0.5, 0.6) is 0 Å². The third-order valence-corrected chi connectivity index (χ3v) is 7.88. The smallest absolute Gasteiger partial charge is 0.410 e. The van der Waals surface area contributed by atoms with Gasteiger partial charge >= 0.3 is 6.09 Å². The standard InChI is InChI=1S/C34H37FN6O6/c35-29-11-10-25(21-30-26-8-4-5-9-27(26)32(43)38-37-30)20-28(29)33(44)40-15-13-39(14-16-40)31(42)22-41(17-19-46-18-12-36)34(45)47-23-24-6-2-1-3-7-24/h1-11,20H,12-19,21-23,36H2,(H,38,43). The number of benzene rings is 3. The minimum atomic E-state index is -0.655. The van der Waals surface area contributed by atoms with Crippen molar-refractivity contribution in [3.05, 3.63) is 111 Å². The Labute approximate surface area is 270 Å². The van der Waals surface area contributed by atoms with Gasteiger partial charge in [-0.2, -0.15) is 5.10 Å². The largest absolute Gasteiger partial charge is 0.445 e. The highest BCUT2D eigenvalue weighted by atomic mass is 19.1. The zero-order chi connectivity index (χ0) is 33.2. The maximum Gasteiger partial charge on any atom is 0.410 e. The Morgan fingerprint density at radius 3 is 2.34 bits per heavy atom. The predicted molar refractivity (Wildman–Crippen MR) is 172 cm³/mol. The molecule has 13 heteroatoms. The molecule has 1 fully saturated rings. The zero-order valence-electron chi connectivity index (χ0n) is 25.9. The van der Waals surface area contributed by atoms with E-state index in [4.69, 9.17) is 15.2 Å². The minimum Gasteiger partial charge on any atom is -0.445 e. The van der Waals surface area contributed by atoms with Crippen LogP contribution >= 0.6 is 0 Å². The van der Waals surface area contributed by atoms with Crippen molar-refractivity contribution < 1.29 is 28.2 Å². The fourth-order valence-electron chi connectivity index (χ4n) is 5.34. The Morgan fingerprint density at radius 1 is 0.894 bits per heavy atom. The van der Waals surface area contributed by atoms with Crippen LogP contribution in [0.4, 0.5) is 9.18 Å². The minimum absolute atomic E-state index is 0.0601. The van der Waals surface area contributed by atoms with Crippen LogP contribution in [-0.2, 0) is 27.3 Å². The van der Waals surface area contributed by atoms with E-state index in [1.807, 2.05) is 36.4 Å². The van der Waals surface area contributed by atoms with Crippen LogP contribution in [-0.4, -0.2) is 102 Å². The Hall–Kier alpha value is -5.14. The predicted octanol–water partition coefficient (Wildman–Crippen LogP) is 2.55. The number of nitrogens with two attached hydrogens (primary N) is 1. The van der Waals surface area contributed by atoms with Crippen LogP contribution in [0.25, 0.3) is 10.8 Å². The number of amides is 3. The van der Waals surface area contributed by atoms with Gasteiger partial charge in [-0.15, -0.1) is 0 Å². The number of fused-ring (bicyclic) bond motifs is 1. The second kappa shape index (κ2) is 15.9. The zero-order valence-corrected chi connectivity index (χ0v) is 25.9. The van der Waals surface area contributed by atoms with Crippen LogP contribution in [0.1, 0.15) is 27.2 Å². The molecule has 0 atom stereocenters. The Kier molecular flexibility index (Phi) is 11.3. The maximum absolute atomic E-state index is 14.9. The summed E-state index contributed by atoms with van der Waals surface area (Å²) in [5.74, 6) is -1.45. The number of hydrogen-bond donors (Lipinski definition) is 2. The van der Waals surface area contributed by atoms with E-state index in [0.717, 1.165) is 5.56 Å². The molecule has 3 N–H and O–H groups in total. The first-order valence-corrected chi connectivity index (χ1v) is 15.4. The van der Waals surface area contributed by atoms with Gasteiger partial charge in [0.25, 0.3) is 11.5 Å². The third kappa shape index (κ3) is 8.57. The van der Waals surface area contributed by atoms with Gasteiger partial charge in [-0.05, 0) is 29.3 Å². The summed E-state index contributed by atoms with van der Waals surface area (Å²) in [4.78, 5) is 56.1. The summed E-state index contributed by atoms with van der Waals surface area (Å²) < 4.78 is 25.8. The number of aromatic amines is 1. The van der Waals surface area contributed by atoms with Crippen molar-refractivity contribution in [1.82, 2.24) is 24.9 Å². The third-order valence-electron chi connectivity index (χ3n) is 7.88. The average Bonchev–Trinajstić information content (AvgIpc) is 3.10. The second-order valence-corrected chi connectivity index (χ2v) is 11.1. The molecule has 1 aliphatic rings. The number of hydrogen-bond acceptors (Lipinski definition) is 8. The second-order valence-electron chi connectivity index (χ2n) is 11.1. The number of nitrogens with zero attached hydrogens (tertiary/aromatic N) is 4. The summed E-state index contributed by atoms with van der Waals surface area (Å²) >= 11 is 0. The topological polar surface area (TPSA) is 151 Å². The van der Waals surface area contributed by atoms with Crippen LogP contribution in [0, 0.1) is 5.82 Å². The highest BCUT2D eigenvalue weighted by Crippen LogP contribution is 2.20. The maximum atomic E-state index is 14.9. The van der Waals surface area contributed by atoms with E-state index in [-0.39, 0.29) is 75.9 Å². The molecule has 4 aromatic rings. The van der Waals surface area contributed by atoms with Crippen LogP contribution in [0.2, 0.25) is 0 Å². The fourth-order valence-corrected chi connectivity index (χ4v) is 5.34. The van der Waals surface area contributed by atoms with E-state index >= 15 is 0 Å². The monoisotopic (exact) mass is 644 g/mol. The summed E-state index contributed by atoms with van der Waals surface area (Å²) in [7, 11) is 0. The highest BCUT2D eigenvalue weighted by molar-refractivity contribution is 5.95.